The zero-order valence-electron chi connectivity index (χ0n) is 31.0. The van der Waals surface area contributed by atoms with Crippen molar-refractivity contribution in [1.29, 1.82) is 0 Å². The summed E-state index contributed by atoms with van der Waals surface area (Å²) in [6.07, 6.45) is -0.947. The first kappa shape index (κ1) is 33.0. The van der Waals surface area contributed by atoms with Gasteiger partial charge in [-0.2, -0.15) is 0 Å². The lowest BCUT2D eigenvalue weighted by Gasteiger charge is -2.26. The van der Waals surface area contributed by atoms with Gasteiger partial charge in [0.25, 0.3) is 0 Å². The number of aromatic nitrogens is 2. The van der Waals surface area contributed by atoms with Gasteiger partial charge < -0.3 is 5.11 Å². The Bertz CT molecular complexity index is 3130. The maximum absolute atomic E-state index is 12.6. The van der Waals surface area contributed by atoms with Gasteiger partial charge in [-0.05, 0) is 84.8 Å². The van der Waals surface area contributed by atoms with E-state index in [1.807, 2.05) is 4.57 Å². The molecule has 3 heteroatoms. The number of rotatable bonds is 6. The molecule has 1 N–H and O–H groups in total. The highest BCUT2D eigenvalue weighted by atomic mass is 16.3. The van der Waals surface area contributed by atoms with E-state index in [1.54, 1.807) is 0 Å². The summed E-state index contributed by atoms with van der Waals surface area (Å²) in [5.41, 5.74) is 17.1. The molecule has 1 aliphatic rings. The van der Waals surface area contributed by atoms with Crippen LogP contribution in [0, 0.1) is 0 Å². The van der Waals surface area contributed by atoms with E-state index in [9.17, 15) is 5.11 Å². The van der Waals surface area contributed by atoms with E-state index in [-0.39, 0.29) is 0 Å². The first-order valence-electron chi connectivity index (χ1n) is 19.5. The maximum Gasteiger partial charge on any atom is 0.159 e. The second-order valence-corrected chi connectivity index (χ2v) is 14.7. The van der Waals surface area contributed by atoms with Crippen LogP contribution in [0.4, 0.5) is 0 Å². The number of fused-ring (bicyclic) bond motifs is 4. The summed E-state index contributed by atoms with van der Waals surface area (Å²) in [5, 5.41) is 14.7. The van der Waals surface area contributed by atoms with Crippen molar-refractivity contribution >= 4 is 21.8 Å². The van der Waals surface area contributed by atoms with E-state index in [4.69, 9.17) is 4.98 Å². The lowest BCUT2D eigenvalue weighted by atomic mass is 9.87. The van der Waals surface area contributed by atoms with Crippen LogP contribution in [0.1, 0.15) is 11.8 Å². The molecule has 10 aromatic rings. The molecule has 57 heavy (non-hydrogen) atoms. The molecule has 0 saturated heterocycles. The summed E-state index contributed by atoms with van der Waals surface area (Å²) >= 11 is 0. The normalized spacial score (nSPS) is 13.2. The quantitative estimate of drug-likeness (QED) is 0.185. The fraction of sp³-hybridized carbons (Fsp3) is 0.0185. The molecule has 0 fully saturated rings. The third kappa shape index (κ3) is 5.36. The molecule has 0 spiro atoms. The van der Waals surface area contributed by atoms with Crippen LogP contribution >= 0.6 is 0 Å². The third-order valence-corrected chi connectivity index (χ3v) is 11.6. The SMILES string of the molecule is OC1c2cccc3c(-c4ccccc4-c4ccccc4)ccc(c23)-c2nc3c(-c4ccccc4-c4ccccc4)cc(-c4ccccc4-c4ccccc4)cc3n21. The standard InChI is InChI=1S/C54H36N2O/c57-54-48-30-16-29-46-45(43-27-14-12-24-40(43)36-19-6-2-7-20-36)31-32-47(51(46)48)53-55-52-49(44-28-15-13-25-41(44)37-21-8-3-9-22-37)33-38(34-50(52)56(53)54)42-26-11-10-23-39(42)35-17-4-1-5-18-35/h1-34,54,57H. The molecular formula is C54H36N2O. The predicted octanol–water partition coefficient (Wildman–Crippen LogP) is 13.7. The molecule has 1 unspecified atom stereocenters. The first-order chi connectivity index (χ1) is 28.2. The highest BCUT2D eigenvalue weighted by Gasteiger charge is 2.31. The zero-order chi connectivity index (χ0) is 37.9. The molecular weight excluding hydrogens is 693 g/mol. The number of benzene rings is 9. The van der Waals surface area contributed by atoms with Gasteiger partial charge in [0.05, 0.1) is 11.0 Å². The average Bonchev–Trinajstić information content (AvgIpc) is 3.69. The highest BCUT2D eigenvalue weighted by molar-refractivity contribution is 6.11. The Morgan fingerprint density at radius 2 is 0.825 bits per heavy atom. The molecule has 9 aromatic carbocycles. The van der Waals surface area contributed by atoms with Crippen molar-refractivity contribution in [2.24, 2.45) is 0 Å². The minimum absolute atomic E-state index is 0.760. The first-order valence-corrected chi connectivity index (χ1v) is 19.5. The van der Waals surface area contributed by atoms with Crippen molar-refractivity contribution in [1.82, 2.24) is 9.55 Å². The summed E-state index contributed by atoms with van der Waals surface area (Å²) in [5.74, 6) is 0.760. The Morgan fingerprint density at radius 3 is 1.39 bits per heavy atom. The summed E-state index contributed by atoms with van der Waals surface area (Å²) in [4.78, 5) is 5.52. The van der Waals surface area contributed by atoms with E-state index in [0.29, 0.717) is 0 Å². The summed E-state index contributed by atoms with van der Waals surface area (Å²) in [7, 11) is 0. The van der Waals surface area contributed by atoms with Gasteiger partial charge in [-0.15, -0.1) is 0 Å². The van der Waals surface area contributed by atoms with E-state index in [1.165, 1.54) is 11.1 Å². The number of aliphatic hydroxyl groups is 1. The summed E-state index contributed by atoms with van der Waals surface area (Å²) in [6.45, 7) is 0. The van der Waals surface area contributed by atoms with Crippen molar-refractivity contribution in [3.8, 4) is 78.1 Å². The topological polar surface area (TPSA) is 38.1 Å². The largest absolute Gasteiger partial charge is 0.369 e. The molecule has 0 radical (unpaired) electrons. The average molecular weight is 729 g/mol. The Kier molecular flexibility index (Phi) is 7.80. The van der Waals surface area contributed by atoms with Crippen LogP contribution in [0.25, 0.3) is 100.0 Å². The Hall–Kier alpha value is -7.33. The van der Waals surface area contributed by atoms with E-state index in [0.717, 1.165) is 94.4 Å². The van der Waals surface area contributed by atoms with Gasteiger partial charge in [-0.1, -0.05) is 188 Å². The summed E-state index contributed by atoms with van der Waals surface area (Å²) in [6, 6.07) is 72.8. The van der Waals surface area contributed by atoms with Gasteiger partial charge in [0.1, 0.15) is 5.82 Å². The second-order valence-electron chi connectivity index (χ2n) is 14.7. The van der Waals surface area contributed by atoms with Gasteiger partial charge in [-0.25, -0.2) is 4.98 Å². The molecule has 2 heterocycles. The van der Waals surface area contributed by atoms with E-state index < -0.39 is 6.23 Å². The van der Waals surface area contributed by atoms with Crippen molar-refractivity contribution in [3.05, 3.63) is 212 Å². The molecule has 0 aliphatic carbocycles. The maximum atomic E-state index is 12.6. The minimum atomic E-state index is -0.947. The van der Waals surface area contributed by atoms with Crippen LogP contribution in [0.3, 0.4) is 0 Å². The van der Waals surface area contributed by atoms with Gasteiger partial charge in [0, 0.05) is 22.1 Å². The predicted molar refractivity (Wildman–Crippen MR) is 236 cm³/mol. The van der Waals surface area contributed by atoms with Crippen LogP contribution in [-0.2, 0) is 0 Å². The number of aliphatic hydroxyl groups excluding tert-OH is 1. The fourth-order valence-corrected chi connectivity index (χ4v) is 8.98. The number of imidazole rings is 1. The molecule has 0 amide bonds. The third-order valence-electron chi connectivity index (χ3n) is 11.6. The molecule has 0 bridgehead atoms. The zero-order valence-corrected chi connectivity index (χ0v) is 31.0. The monoisotopic (exact) mass is 728 g/mol. The van der Waals surface area contributed by atoms with E-state index in [2.05, 4.69) is 206 Å². The fourth-order valence-electron chi connectivity index (χ4n) is 8.98. The Morgan fingerprint density at radius 1 is 0.368 bits per heavy atom. The van der Waals surface area contributed by atoms with Gasteiger partial charge in [0.15, 0.2) is 6.23 Å². The smallest absolute Gasteiger partial charge is 0.159 e. The Labute approximate surface area is 331 Å². The van der Waals surface area contributed by atoms with Gasteiger partial charge in [0.2, 0.25) is 0 Å². The van der Waals surface area contributed by atoms with Crippen LogP contribution in [0.2, 0.25) is 0 Å². The van der Waals surface area contributed by atoms with Crippen molar-refractivity contribution in [3.63, 3.8) is 0 Å². The molecule has 0 saturated carbocycles. The summed E-state index contributed by atoms with van der Waals surface area (Å²) < 4.78 is 2.05. The van der Waals surface area contributed by atoms with Crippen LogP contribution in [0.15, 0.2) is 206 Å². The minimum Gasteiger partial charge on any atom is -0.369 e. The van der Waals surface area contributed by atoms with Gasteiger partial charge in [-0.3, -0.25) is 4.57 Å². The van der Waals surface area contributed by atoms with E-state index >= 15 is 0 Å². The molecule has 11 rings (SSSR count). The molecule has 3 nitrogen and oxygen atoms in total. The number of nitrogens with zero attached hydrogens (tertiary/aromatic N) is 2. The van der Waals surface area contributed by atoms with Crippen LogP contribution in [0.5, 0.6) is 0 Å². The van der Waals surface area contributed by atoms with Crippen molar-refractivity contribution < 1.29 is 5.11 Å². The lowest BCUT2D eigenvalue weighted by Crippen LogP contribution is -2.16. The second kappa shape index (κ2) is 13.5. The molecule has 268 valence electrons. The molecule has 1 aliphatic heterocycles. The van der Waals surface area contributed by atoms with Crippen molar-refractivity contribution in [2.75, 3.05) is 0 Å². The number of hydrogen-bond donors (Lipinski definition) is 1. The van der Waals surface area contributed by atoms with Crippen LogP contribution < -0.4 is 0 Å². The Balaban J connectivity index is 1.19. The van der Waals surface area contributed by atoms with Crippen LogP contribution in [-0.4, -0.2) is 14.7 Å². The number of hydrogen-bond acceptors (Lipinski definition) is 2. The molecule has 1 atom stereocenters. The van der Waals surface area contributed by atoms with Crippen molar-refractivity contribution in [2.45, 2.75) is 6.23 Å². The lowest BCUT2D eigenvalue weighted by molar-refractivity contribution is 0.152. The molecule has 1 aromatic heterocycles. The van der Waals surface area contributed by atoms with Gasteiger partial charge >= 0.3 is 0 Å². The highest BCUT2D eigenvalue weighted by Crippen LogP contribution is 2.49.